The zero-order valence-electron chi connectivity index (χ0n) is 14.2. The van der Waals surface area contributed by atoms with E-state index in [4.69, 9.17) is 4.74 Å². The van der Waals surface area contributed by atoms with E-state index in [1.807, 2.05) is 41.4 Å². The minimum Gasteiger partial charge on any atom is -0.379 e. The summed E-state index contributed by atoms with van der Waals surface area (Å²) in [5.74, 6) is 0.980. The van der Waals surface area contributed by atoms with E-state index in [0.29, 0.717) is 32.0 Å². The zero-order chi connectivity index (χ0) is 17.1. The van der Waals surface area contributed by atoms with Crippen LogP contribution in [0.15, 0.2) is 48.8 Å². The summed E-state index contributed by atoms with van der Waals surface area (Å²) in [5, 5.41) is 0. The highest BCUT2D eigenvalue weighted by atomic mass is 16.5. The van der Waals surface area contributed by atoms with E-state index in [-0.39, 0.29) is 11.3 Å². The Labute approximate surface area is 147 Å². The van der Waals surface area contributed by atoms with Gasteiger partial charge in [-0.2, -0.15) is 0 Å². The Morgan fingerprint density at radius 3 is 2.64 bits per heavy atom. The predicted molar refractivity (Wildman–Crippen MR) is 94.5 cm³/mol. The number of nitrogens with zero attached hydrogens (tertiary/aromatic N) is 4. The molecule has 2 aliphatic rings. The van der Waals surface area contributed by atoms with Crippen molar-refractivity contribution >= 4 is 11.7 Å². The molecule has 2 fully saturated rings. The number of pyridine rings is 2. The number of amides is 1. The van der Waals surface area contributed by atoms with Crippen LogP contribution in [0.4, 0.5) is 5.82 Å². The summed E-state index contributed by atoms with van der Waals surface area (Å²) in [7, 11) is 0. The van der Waals surface area contributed by atoms with Gasteiger partial charge in [0.15, 0.2) is 0 Å². The normalized spacial score (nSPS) is 23.7. The molecular weight excluding hydrogens is 316 g/mol. The van der Waals surface area contributed by atoms with Crippen molar-refractivity contribution in [2.75, 3.05) is 44.3 Å². The molecule has 6 heteroatoms. The summed E-state index contributed by atoms with van der Waals surface area (Å²) in [6.07, 6.45) is 4.48. The molecule has 130 valence electrons. The maximum Gasteiger partial charge on any atom is 0.272 e. The van der Waals surface area contributed by atoms with Gasteiger partial charge < -0.3 is 14.5 Å². The van der Waals surface area contributed by atoms with Crippen LogP contribution in [0.3, 0.4) is 0 Å². The third kappa shape index (κ3) is 3.35. The van der Waals surface area contributed by atoms with Gasteiger partial charge in [-0.05, 0) is 30.7 Å². The van der Waals surface area contributed by atoms with Gasteiger partial charge in [0.25, 0.3) is 5.91 Å². The number of hydrogen-bond acceptors (Lipinski definition) is 5. The van der Waals surface area contributed by atoms with Crippen LogP contribution < -0.4 is 4.90 Å². The molecule has 0 radical (unpaired) electrons. The van der Waals surface area contributed by atoms with Gasteiger partial charge in [-0.15, -0.1) is 0 Å². The lowest BCUT2D eigenvalue weighted by atomic mass is 9.87. The van der Waals surface area contributed by atoms with Gasteiger partial charge in [0.05, 0.1) is 13.2 Å². The Balaban J connectivity index is 1.51. The largest absolute Gasteiger partial charge is 0.379 e. The average Bonchev–Trinajstić information content (AvgIpc) is 2.97. The molecule has 2 saturated heterocycles. The van der Waals surface area contributed by atoms with Crippen molar-refractivity contribution in [1.29, 1.82) is 0 Å². The van der Waals surface area contributed by atoms with Gasteiger partial charge >= 0.3 is 0 Å². The Morgan fingerprint density at radius 1 is 1.04 bits per heavy atom. The third-order valence-electron chi connectivity index (χ3n) is 5.02. The van der Waals surface area contributed by atoms with Crippen LogP contribution in [-0.4, -0.2) is 60.2 Å². The second-order valence-electron chi connectivity index (χ2n) is 6.85. The Kier molecular flexibility index (Phi) is 4.36. The van der Waals surface area contributed by atoms with E-state index < -0.39 is 0 Å². The van der Waals surface area contributed by atoms with E-state index in [1.165, 1.54) is 0 Å². The van der Waals surface area contributed by atoms with E-state index in [0.717, 1.165) is 25.3 Å². The number of carbonyl (C=O) groups excluding carboxylic acids is 1. The van der Waals surface area contributed by atoms with Crippen molar-refractivity contribution in [2.24, 2.45) is 5.41 Å². The third-order valence-corrected chi connectivity index (χ3v) is 5.02. The quantitative estimate of drug-likeness (QED) is 0.836. The van der Waals surface area contributed by atoms with Crippen molar-refractivity contribution in [3.05, 3.63) is 54.5 Å². The fourth-order valence-corrected chi connectivity index (χ4v) is 3.74. The van der Waals surface area contributed by atoms with E-state index >= 15 is 0 Å². The summed E-state index contributed by atoms with van der Waals surface area (Å²) < 4.78 is 5.87. The highest BCUT2D eigenvalue weighted by molar-refractivity contribution is 5.92. The fourth-order valence-electron chi connectivity index (χ4n) is 3.74. The first-order chi connectivity index (χ1) is 12.3. The molecule has 6 nitrogen and oxygen atoms in total. The molecular formula is C19H22N4O2. The molecule has 2 aromatic rings. The van der Waals surface area contributed by atoms with Crippen LogP contribution in [0.25, 0.3) is 0 Å². The number of rotatable bonds is 2. The molecule has 0 saturated carbocycles. The predicted octanol–water partition coefficient (Wildman–Crippen LogP) is 1.85. The number of aromatic nitrogens is 2. The van der Waals surface area contributed by atoms with Gasteiger partial charge in [0, 0.05) is 44.0 Å². The number of carbonyl (C=O) groups is 1. The lowest BCUT2D eigenvalue weighted by Gasteiger charge is -2.31. The molecule has 1 atom stereocenters. The smallest absolute Gasteiger partial charge is 0.272 e. The summed E-state index contributed by atoms with van der Waals surface area (Å²) >= 11 is 0. The van der Waals surface area contributed by atoms with E-state index in [2.05, 4.69) is 14.9 Å². The molecule has 25 heavy (non-hydrogen) atoms. The minimum absolute atomic E-state index is 0.0123. The van der Waals surface area contributed by atoms with Crippen molar-refractivity contribution in [1.82, 2.24) is 14.9 Å². The van der Waals surface area contributed by atoms with Gasteiger partial charge in [-0.3, -0.25) is 9.78 Å². The molecule has 1 amide bonds. The highest BCUT2D eigenvalue weighted by Crippen LogP contribution is 2.35. The second-order valence-corrected chi connectivity index (χ2v) is 6.85. The molecule has 0 N–H and O–H groups in total. The van der Waals surface area contributed by atoms with Crippen molar-refractivity contribution < 1.29 is 9.53 Å². The van der Waals surface area contributed by atoms with E-state index in [1.54, 1.807) is 12.3 Å². The van der Waals surface area contributed by atoms with Gasteiger partial charge in [-0.1, -0.05) is 12.1 Å². The second kappa shape index (κ2) is 6.80. The average molecular weight is 338 g/mol. The molecule has 0 bridgehead atoms. The summed E-state index contributed by atoms with van der Waals surface area (Å²) in [4.78, 5) is 25.7. The maximum absolute atomic E-state index is 12.8. The molecule has 0 aliphatic carbocycles. The minimum atomic E-state index is -0.0432. The monoisotopic (exact) mass is 338 g/mol. The Hall–Kier alpha value is -2.47. The first-order valence-electron chi connectivity index (χ1n) is 8.70. The molecule has 1 spiro atoms. The van der Waals surface area contributed by atoms with Crippen molar-refractivity contribution in [3.8, 4) is 0 Å². The summed E-state index contributed by atoms with van der Waals surface area (Å²) in [6, 6.07) is 11.4. The molecule has 0 aromatic carbocycles. The Morgan fingerprint density at radius 2 is 1.88 bits per heavy atom. The van der Waals surface area contributed by atoms with Crippen LogP contribution in [-0.2, 0) is 4.74 Å². The number of ether oxygens (including phenoxy) is 1. The molecule has 0 unspecified atom stereocenters. The molecule has 2 aromatic heterocycles. The lowest BCUT2D eigenvalue weighted by molar-refractivity contribution is 0.0686. The first-order valence-corrected chi connectivity index (χ1v) is 8.70. The fraction of sp³-hybridized carbons (Fsp3) is 0.421. The standard InChI is InChI=1S/C19H22N4O2/c24-18(16-5-1-3-8-20-16)23-11-12-25-15-19(14-23)7-10-22(13-19)17-6-2-4-9-21-17/h1-6,8-9H,7,10-15H2/t19-/m1/s1. The first kappa shape index (κ1) is 16.0. The molecule has 4 heterocycles. The zero-order valence-corrected chi connectivity index (χ0v) is 14.2. The molecule has 2 aliphatic heterocycles. The van der Waals surface area contributed by atoms with Crippen LogP contribution in [0, 0.1) is 5.41 Å². The number of anilines is 1. The summed E-state index contributed by atoms with van der Waals surface area (Å²) in [5.41, 5.74) is 0.456. The molecule has 4 rings (SSSR count). The van der Waals surface area contributed by atoms with Gasteiger partial charge in [0.2, 0.25) is 0 Å². The maximum atomic E-state index is 12.8. The highest BCUT2D eigenvalue weighted by Gasteiger charge is 2.42. The van der Waals surface area contributed by atoms with Crippen LogP contribution in [0.1, 0.15) is 16.9 Å². The van der Waals surface area contributed by atoms with Crippen LogP contribution in [0.5, 0.6) is 0 Å². The SMILES string of the molecule is O=C(c1ccccn1)N1CCOC[C@@]2(CCN(c3ccccn3)C2)C1. The Bertz CT molecular complexity index is 725. The number of hydrogen-bond donors (Lipinski definition) is 0. The summed E-state index contributed by atoms with van der Waals surface area (Å²) in [6.45, 7) is 4.36. The van der Waals surface area contributed by atoms with E-state index in [9.17, 15) is 4.79 Å². The van der Waals surface area contributed by atoms with Gasteiger partial charge in [0.1, 0.15) is 11.5 Å². The van der Waals surface area contributed by atoms with Crippen LogP contribution in [0.2, 0.25) is 0 Å². The topological polar surface area (TPSA) is 58.6 Å². The van der Waals surface area contributed by atoms with Crippen molar-refractivity contribution in [3.63, 3.8) is 0 Å². The van der Waals surface area contributed by atoms with Gasteiger partial charge in [-0.25, -0.2) is 4.98 Å². The van der Waals surface area contributed by atoms with Crippen molar-refractivity contribution in [2.45, 2.75) is 6.42 Å². The lowest BCUT2D eigenvalue weighted by Crippen LogP contribution is -2.43. The van der Waals surface area contributed by atoms with Crippen LogP contribution >= 0.6 is 0 Å².